The number of benzene rings is 4. The van der Waals surface area contributed by atoms with Gasteiger partial charge in [-0.2, -0.15) is 0 Å². The maximum atomic E-state index is 6.61. The van der Waals surface area contributed by atoms with Crippen molar-refractivity contribution in [1.29, 1.82) is 0 Å². The van der Waals surface area contributed by atoms with Gasteiger partial charge in [0.1, 0.15) is 0 Å². The molecule has 5 rings (SSSR count). The van der Waals surface area contributed by atoms with E-state index in [1.807, 2.05) is 30.4 Å². The lowest BCUT2D eigenvalue weighted by Crippen LogP contribution is -1.85. The number of hydrogen-bond acceptors (Lipinski definition) is 1. The van der Waals surface area contributed by atoms with E-state index < -0.39 is 0 Å². The Balaban J connectivity index is 1.60. The number of pyridine rings is 1. The van der Waals surface area contributed by atoms with Gasteiger partial charge in [0.05, 0.1) is 16.2 Å². The van der Waals surface area contributed by atoms with Crippen molar-refractivity contribution in [3.8, 4) is 0 Å². The molecule has 0 aliphatic heterocycles. The molecule has 5 aromatic rings. The number of halogens is 1. The van der Waals surface area contributed by atoms with Crippen molar-refractivity contribution in [2.24, 2.45) is 0 Å². The number of fused-ring (bicyclic) bond motifs is 4. The predicted octanol–water partition coefficient (Wildman–Crippen LogP) is 7.37. The van der Waals surface area contributed by atoms with Gasteiger partial charge in [-0.1, -0.05) is 96.5 Å². The van der Waals surface area contributed by atoms with E-state index >= 15 is 0 Å². The second kappa shape index (κ2) is 6.53. The molecule has 2 heteroatoms. The molecule has 1 aromatic heterocycles. The smallest absolute Gasteiger partial charge is 0.0787 e. The van der Waals surface area contributed by atoms with Crippen LogP contribution in [0.4, 0.5) is 0 Å². The van der Waals surface area contributed by atoms with Crippen molar-refractivity contribution in [2.75, 3.05) is 0 Å². The predicted molar refractivity (Wildman–Crippen MR) is 117 cm³/mol. The normalized spacial score (nSPS) is 11.7. The van der Waals surface area contributed by atoms with E-state index in [4.69, 9.17) is 16.6 Å². The van der Waals surface area contributed by atoms with Crippen LogP contribution in [0.15, 0.2) is 84.9 Å². The topological polar surface area (TPSA) is 12.9 Å². The van der Waals surface area contributed by atoms with Gasteiger partial charge < -0.3 is 0 Å². The fraction of sp³-hybridized carbons (Fsp3) is 0. The SMILES string of the molecule is Clc1c(/C=C/c2ccc3ccc4ccccc4c3n2)ccc2ccccc12. The molecule has 0 amide bonds. The number of nitrogens with zero attached hydrogens (tertiary/aromatic N) is 1. The van der Waals surface area contributed by atoms with Gasteiger partial charge in [0.25, 0.3) is 0 Å². The minimum atomic E-state index is 0.774. The fourth-order valence-corrected chi connectivity index (χ4v) is 3.82. The first-order chi connectivity index (χ1) is 13.3. The zero-order valence-corrected chi connectivity index (χ0v) is 15.3. The summed E-state index contributed by atoms with van der Waals surface area (Å²) in [5.74, 6) is 0. The van der Waals surface area contributed by atoms with Crippen molar-refractivity contribution in [3.05, 3.63) is 101 Å². The van der Waals surface area contributed by atoms with E-state index in [2.05, 4.69) is 66.7 Å². The van der Waals surface area contributed by atoms with Crippen molar-refractivity contribution in [3.63, 3.8) is 0 Å². The molecule has 128 valence electrons. The highest BCUT2D eigenvalue weighted by atomic mass is 35.5. The third kappa shape index (κ3) is 2.87. The minimum Gasteiger partial charge on any atom is -0.248 e. The maximum absolute atomic E-state index is 6.61. The van der Waals surface area contributed by atoms with Crippen LogP contribution in [0.1, 0.15) is 11.3 Å². The molecular formula is C25H16ClN. The molecule has 4 aromatic carbocycles. The van der Waals surface area contributed by atoms with Gasteiger partial charge >= 0.3 is 0 Å². The zero-order chi connectivity index (χ0) is 18.2. The first-order valence-electron chi connectivity index (χ1n) is 8.93. The molecule has 0 N–H and O–H groups in total. The van der Waals surface area contributed by atoms with Gasteiger partial charge in [-0.25, -0.2) is 4.98 Å². The van der Waals surface area contributed by atoms with Crippen molar-refractivity contribution in [2.45, 2.75) is 0 Å². The van der Waals surface area contributed by atoms with E-state index in [1.165, 1.54) is 10.8 Å². The summed E-state index contributed by atoms with van der Waals surface area (Å²) in [6, 6.07) is 29.1. The molecule has 0 aliphatic rings. The first-order valence-corrected chi connectivity index (χ1v) is 9.31. The van der Waals surface area contributed by atoms with Crippen LogP contribution in [-0.4, -0.2) is 4.98 Å². The Morgan fingerprint density at radius 1 is 0.593 bits per heavy atom. The van der Waals surface area contributed by atoms with Gasteiger partial charge in [0, 0.05) is 16.2 Å². The second-order valence-electron chi connectivity index (χ2n) is 6.62. The summed E-state index contributed by atoms with van der Waals surface area (Å²) >= 11 is 6.61. The van der Waals surface area contributed by atoms with E-state index in [0.717, 1.165) is 38.0 Å². The molecule has 0 saturated carbocycles. The molecule has 1 nitrogen and oxygen atoms in total. The van der Waals surface area contributed by atoms with E-state index in [0.29, 0.717) is 0 Å². The van der Waals surface area contributed by atoms with Gasteiger partial charge in [-0.15, -0.1) is 0 Å². The maximum Gasteiger partial charge on any atom is 0.0787 e. The Hall–Kier alpha value is -3.16. The average molecular weight is 366 g/mol. The van der Waals surface area contributed by atoms with E-state index in [-0.39, 0.29) is 0 Å². The Labute approximate surface area is 162 Å². The largest absolute Gasteiger partial charge is 0.248 e. The third-order valence-corrected chi connectivity index (χ3v) is 5.35. The Kier molecular flexibility index (Phi) is 3.88. The van der Waals surface area contributed by atoms with E-state index in [9.17, 15) is 0 Å². The third-order valence-electron chi connectivity index (χ3n) is 4.93. The van der Waals surface area contributed by atoms with Gasteiger partial charge in [0.2, 0.25) is 0 Å². The summed E-state index contributed by atoms with van der Waals surface area (Å²) in [6.45, 7) is 0. The fourth-order valence-electron chi connectivity index (χ4n) is 3.52. The second-order valence-corrected chi connectivity index (χ2v) is 7.00. The van der Waals surface area contributed by atoms with Crippen LogP contribution >= 0.6 is 11.6 Å². The first kappa shape index (κ1) is 16.0. The highest BCUT2D eigenvalue weighted by molar-refractivity contribution is 6.37. The summed E-state index contributed by atoms with van der Waals surface area (Å²) in [7, 11) is 0. The van der Waals surface area contributed by atoms with Crippen LogP contribution in [0.3, 0.4) is 0 Å². The van der Waals surface area contributed by atoms with Crippen molar-refractivity contribution in [1.82, 2.24) is 4.98 Å². The highest BCUT2D eigenvalue weighted by Gasteiger charge is 2.04. The average Bonchev–Trinajstić information content (AvgIpc) is 2.73. The summed E-state index contributed by atoms with van der Waals surface area (Å²) in [5, 5.41) is 6.52. The summed E-state index contributed by atoms with van der Waals surface area (Å²) < 4.78 is 0. The summed E-state index contributed by atoms with van der Waals surface area (Å²) in [4.78, 5) is 4.88. The molecule has 0 spiro atoms. The van der Waals surface area contributed by atoms with Crippen LogP contribution in [0.25, 0.3) is 44.6 Å². The Bertz CT molecular complexity index is 1330. The molecule has 27 heavy (non-hydrogen) atoms. The lowest BCUT2D eigenvalue weighted by atomic mass is 10.0. The van der Waals surface area contributed by atoms with Crippen molar-refractivity contribution >= 4 is 56.2 Å². The zero-order valence-electron chi connectivity index (χ0n) is 14.6. The van der Waals surface area contributed by atoms with Gasteiger partial charge in [0.15, 0.2) is 0 Å². The lowest BCUT2D eigenvalue weighted by molar-refractivity contribution is 1.38. The molecule has 0 radical (unpaired) electrons. The lowest BCUT2D eigenvalue weighted by Gasteiger charge is -2.05. The molecule has 0 aliphatic carbocycles. The van der Waals surface area contributed by atoms with Crippen LogP contribution < -0.4 is 0 Å². The summed E-state index contributed by atoms with van der Waals surface area (Å²) in [5.41, 5.74) is 2.94. The molecule has 0 unspecified atom stereocenters. The molecule has 1 heterocycles. The highest BCUT2D eigenvalue weighted by Crippen LogP contribution is 2.29. The quantitative estimate of drug-likeness (QED) is 0.298. The van der Waals surface area contributed by atoms with Crippen LogP contribution in [0, 0.1) is 0 Å². The number of rotatable bonds is 2. The molecule has 0 fully saturated rings. The van der Waals surface area contributed by atoms with Crippen LogP contribution in [-0.2, 0) is 0 Å². The molecular weight excluding hydrogens is 350 g/mol. The molecule has 0 bridgehead atoms. The number of aromatic nitrogens is 1. The Morgan fingerprint density at radius 2 is 1.22 bits per heavy atom. The van der Waals surface area contributed by atoms with Gasteiger partial charge in [-0.3, -0.25) is 0 Å². The van der Waals surface area contributed by atoms with E-state index in [1.54, 1.807) is 0 Å². The molecule has 0 atom stereocenters. The number of hydrogen-bond donors (Lipinski definition) is 0. The Morgan fingerprint density at radius 3 is 2.07 bits per heavy atom. The van der Waals surface area contributed by atoms with Crippen molar-refractivity contribution < 1.29 is 0 Å². The standard InChI is InChI=1S/C25H16ClN/c26-24-19(11-9-17-5-1-3-7-22(17)24)13-15-21-16-14-20-12-10-18-6-2-4-8-23(18)25(20)27-21/h1-16H/b15-13+. The monoisotopic (exact) mass is 365 g/mol. The van der Waals surface area contributed by atoms with Gasteiger partial charge in [-0.05, 0) is 28.5 Å². The van der Waals surface area contributed by atoms with Crippen LogP contribution in [0.5, 0.6) is 0 Å². The van der Waals surface area contributed by atoms with Crippen LogP contribution in [0.2, 0.25) is 5.02 Å². The summed E-state index contributed by atoms with van der Waals surface area (Å²) in [6.07, 6.45) is 4.06. The minimum absolute atomic E-state index is 0.774. The molecule has 0 saturated heterocycles.